The van der Waals surface area contributed by atoms with E-state index in [4.69, 9.17) is 9.36 Å². The Kier molecular flexibility index (Phi) is 4.03. The largest absolute Gasteiger partial charge is 0.389 e. The monoisotopic (exact) mass is 388 g/mol. The van der Waals surface area contributed by atoms with Gasteiger partial charge >= 0.3 is 0 Å². The van der Waals surface area contributed by atoms with Crippen molar-refractivity contribution in [1.82, 2.24) is 5.16 Å². The maximum Gasteiger partial charge on any atom is 0.200 e. The second kappa shape index (κ2) is 6.16. The van der Waals surface area contributed by atoms with Gasteiger partial charge in [-0.05, 0) is 49.2 Å². The molecule has 0 radical (unpaired) electrons. The molecule has 2 heterocycles. The van der Waals surface area contributed by atoms with Crippen LogP contribution >= 0.6 is 0 Å². The van der Waals surface area contributed by atoms with E-state index in [9.17, 15) is 12.8 Å². The van der Waals surface area contributed by atoms with E-state index >= 15 is 0 Å². The molecule has 0 fully saturated rings. The molecular formula is C19H17FN2O4S. The minimum absolute atomic E-state index is 0.00457. The molecule has 1 aromatic heterocycles. The lowest BCUT2D eigenvalue weighted by Gasteiger charge is -2.13. The SMILES string of the molecule is CC1(C)CC(S(=O)(=O)Cc2noc3ccc(-c4cccc(F)c4)cc23)=NO1. The molecule has 27 heavy (non-hydrogen) atoms. The zero-order chi connectivity index (χ0) is 19.2. The number of hydrogen-bond donors (Lipinski definition) is 0. The van der Waals surface area contributed by atoms with Gasteiger partial charge in [-0.3, -0.25) is 0 Å². The van der Waals surface area contributed by atoms with Crippen molar-refractivity contribution in [3.63, 3.8) is 0 Å². The lowest BCUT2D eigenvalue weighted by molar-refractivity contribution is 0.0123. The second-order valence-electron chi connectivity index (χ2n) is 7.12. The first kappa shape index (κ1) is 17.7. The third-order valence-electron chi connectivity index (χ3n) is 4.36. The van der Waals surface area contributed by atoms with Crippen molar-refractivity contribution in [3.05, 3.63) is 54.0 Å². The molecule has 1 aliphatic rings. The van der Waals surface area contributed by atoms with Crippen molar-refractivity contribution in [2.75, 3.05) is 0 Å². The zero-order valence-corrected chi connectivity index (χ0v) is 15.6. The predicted octanol–water partition coefficient (Wildman–Crippen LogP) is 4.06. The topological polar surface area (TPSA) is 81.8 Å². The summed E-state index contributed by atoms with van der Waals surface area (Å²) in [6.07, 6.45) is 0.208. The Bertz CT molecular complexity index is 1170. The molecular weight excluding hydrogens is 371 g/mol. The predicted molar refractivity (Wildman–Crippen MR) is 99.2 cm³/mol. The molecule has 140 valence electrons. The van der Waals surface area contributed by atoms with E-state index in [-0.39, 0.29) is 28.7 Å². The van der Waals surface area contributed by atoms with Gasteiger partial charge in [-0.2, -0.15) is 0 Å². The summed E-state index contributed by atoms with van der Waals surface area (Å²) in [5.74, 6) is -0.687. The second-order valence-corrected chi connectivity index (χ2v) is 9.11. The fourth-order valence-corrected chi connectivity index (χ4v) is 4.43. The van der Waals surface area contributed by atoms with Crippen LogP contribution in [0, 0.1) is 5.82 Å². The number of nitrogens with zero attached hydrogens (tertiary/aromatic N) is 2. The number of oxime groups is 1. The van der Waals surface area contributed by atoms with Crippen molar-refractivity contribution in [1.29, 1.82) is 0 Å². The summed E-state index contributed by atoms with van der Waals surface area (Å²) in [7, 11) is -3.69. The molecule has 3 aromatic rings. The van der Waals surface area contributed by atoms with Gasteiger partial charge in [-0.25, -0.2) is 12.8 Å². The van der Waals surface area contributed by atoms with Gasteiger partial charge in [0.05, 0.1) is 0 Å². The minimum Gasteiger partial charge on any atom is -0.389 e. The van der Waals surface area contributed by atoms with E-state index in [1.807, 2.05) is 0 Å². The molecule has 0 atom stereocenters. The van der Waals surface area contributed by atoms with Crippen molar-refractivity contribution in [2.45, 2.75) is 31.6 Å². The van der Waals surface area contributed by atoms with Gasteiger partial charge in [0.1, 0.15) is 22.9 Å². The van der Waals surface area contributed by atoms with Crippen LogP contribution in [-0.2, 0) is 20.4 Å². The van der Waals surface area contributed by atoms with Crippen LogP contribution < -0.4 is 0 Å². The lowest BCUT2D eigenvalue weighted by atomic mass is 10.0. The number of fused-ring (bicyclic) bond motifs is 1. The Morgan fingerprint density at radius 1 is 1.15 bits per heavy atom. The number of rotatable bonds is 3. The smallest absolute Gasteiger partial charge is 0.200 e. The molecule has 1 aliphatic heterocycles. The average molecular weight is 388 g/mol. The highest BCUT2D eigenvalue weighted by atomic mass is 32.2. The molecule has 0 aliphatic carbocycles. The summed E-state index contributed by atoms with van der Waals surface area (Å²) in [6.45, 7) is 3.55. The molecule has 6 nitrogen and oxygen atoms in total. The maximum atomic E-state index is 13.5. The van der Waals surface area contributed by atoms with Crippen molar-refractivity contribution >= 4 is 25.9 Å². The number of sulfone groups is 1. The van der Waals surface area contributed by atoms with Crippen LogP contribution in [0.1, 0.15) is 26.0 Å². The fraction of sp³-hybridized carbons (Fsp3) is 0.263. The molecule has 4 rings (SSSR count). The molecule has 0 saturated carbocycles. The Balaban J connectivity index is 1.70. The first-order valence-corrected chi connectivity index (χ1v) is 10.0. The maximum absolute atomic E-state index is 13.5. The van der Waals surface area contributed by atoms with Gasteiger partial charge in [0.25, 0.3) is 0 Å². The molecule has 8 heteroatoms. The molecule has 0 unspecified atom stereocenters. The standard InChI is InChI=1S/C19H17FN2O4S/c1-19(2)10-18(22-26-19)27(23,24)11-16-15-9-13(6-7-17(15)25-21-16)12-4-3-5-14(20)8-12/h3-9H,10-11H2,1-2H3. The summed E-state index contributed by atoms with van der Waals surface area (Å²) >= 11 is 0. The van der Waals surface area contributed by atoms with Gasteiger partial charge in [0, 0.05) is 11.8 Å². The summed E-state index contributed by atoms with van der Waals surface area (Å²) < 4.78 is 44.1. The van der Waals surface area contributed by atoms with E-state index in [1.54, 1.807) is 44.2 Å². The van der Waals surface area contributed by atoms with Gasteiger partial charge in [-0.1, -0.05) is 28.5 Å². The summed E-state index contributed by atoms with van der Waals surface area (Å²) in [5, 5.41) is 8.21. The average Bonchev–Trinajstić information content (AvgIpc) is 3.18. The summed E-state index contributed by atoms with van der Waals surface area (Å²) in [5.41, 5.74) is 1.54. The van der Waals surface area contributed by atoms with Crippen LogP contribution in [0.25, 0.3) is 22.1 Å². The molecule has 0 bridgehead atoms. The van der Waals surface area contributed by atoms with Crippen molar-refractivity contribution < 1.29 is 22.2 Å². The normalized spacial score (nSPS) is 16.3. The van der Waals surface area contributed by atoms with Crippen LogP contribution in [-0.4, -0.2) is 24.2 Å². The third-order valence-corrected chi connectivity index (χ3v) is 5.95. The fourth-order valence-electron chi connectivity index (χ4n) is 2.97. The first-order valence-electron chi connectivity index (χ1n) is 8.36. The van der Waals surface area contributed by atoms with E-state index in [0.717, 1.165) is 5.56 Å². The van der Waals surface area contributed by atoms with Gasteiger partial charge < -0.3 is 9.36 Å². The van der Waals surface area contributed by atoms with E-state index in [0.29, 0.717) is 16.5 Å². The van der Waals surface area contributed by atoms with Crippen LogP contribution in [0.3, 0.4) is 0 Å². The van der Waals surface area contributed by atoms with Gasteiger partial charge in [-0.15, -0.1) is 0 Å². The molecule has 0 saturated heterocycles. The number of hydrogen-bond acceptors (Lipinski definition) is 6. The minimum atomic E-state index is -3.69. The Labute approximate surface area is 155 Å². The van der Waals surface area contributed by atoms with E-state index < -0.39 is 15.4 Å². The van der Waals surface area contributed by atoms with Crippen LogP contribution in [0.15, 0.2) is 52.1 Å². The van der Waals surface area contributed by atoms with Crippen LogP contribution in [0.5, 0.6) is 0 Å². The number of halogens is 1. The molecule has 2 aromatic carbocycles. The third kappa shape index (κ3) is 3.44. The van der Waals surface area contributed by atoms with Crippen molar-refractivity contribution in [2.24, 2.45) is 5.16 Å². The highest BCUT2D eigenvalue weighted by Crippen LogP contribution is 2.30. The van der Waals surface area contributed by atoms with Crippen LogP contribution in [0.4, 0.5) is 4.39 Å². The van der Waals surface area contributed by atoms with Gasteiger partial charge in [0.2, 0.25) is 9.84 Å². The van der Waals surface area contributed by atoms with Crippen LogP contribution in [0.2, 0.25) is 0 Å². The quantitative estimate of drug-likeness (QED) is 0.676. The Hall–Kier alpha value is -2.74. The van der Waals surface area contributed by atoms with Crippen molar-refractivity contribution in [3.8, 4) is 11.1 Å². The Morgan fingerprint density at radius 2 is 1.93 bits per heavy atom. The van der Waals surface area contributed by atoms with E-state index in [1.165, 1.54) is 12.1 Å². The Morgan fingerprint density at radius 3 is 2.63 bits per heavy atom. The number of benzene rings is 2. The summed E-state index contributed by atoms with van der Waals surface area (Å²) in [4.78, 5) is 5.16. The summed E-state index contributed by atoms with van der Waals surface area (Å²) in [6, 6.07) is 11.4. The highest BCUT2D eigenvalue weighted by Gasteiger charge is 2.36. The first-order chi connectivity index (χ1) is 12.7. The molecule has 0 N–H and O–H groups in total. The zero-order valence-electron chi connectivity index (χ0n) is 14.8. The number of aromatic nitrogens is 1. The van der Waals surface area contributed by atoms with E-state index in [2.05, 4.69) is 10.3 Å². The molecule has 0 amide bonds. The highest BCUT2D eigenvalue weighted by molar-refractivity contribution is 8.05. The lowest BCUT2D eigenvalue weighted by Crippen LogP contribution is -2.23. The van der Waals surface area contributed by atoms with Gasteiger partial charge in [0.15, 0.2) is 10.6 Å². The molecule has 0 spiro atoms.